The number of rotatable bonds is 11. The average Bonchev–Trinajstić information content (AvgIpc) is 2.93. The smallest absolute Gasteiger partial charge is 0.254 e. The summed E-state index contributed by atoms with van der Waals surface area (Å²) in [6.07, 6.45) is 5.06. The number of aromatic nitrogens is 1. The van der Waals surface area contributed by atoms with Gasteiger partial charge in [-0.25, -0.2) is 0 Å². The molecule has 8 heteroatoms. The molecule has 1 aliphatic rings. The largest absolute Gasteiger partial charge is 0.497 e. The van der Waals surface area contributed by atoms with Crippen molar-refractivity contribution in [1.29, 1.82) is 0 Å². The fourth-order valence-electron chi connectivity index (χ4n) is 5.10. The standard InChI is InChI=1S/C30H38N2O6/c1-5-36-26-17-21(18-27(37-6-2)28(26)38-7-3)30(34)32(23-11-9-8-10-12-23)19-22-15-20-16-24(35-4)13-14-25(20)31-29(22)33/h13-18,23H,5-12,19H2,1-4H3,(H,31,33). The number of ether oxygens (including phenoxy) is 4. The van der Waals surface area contributed by atoms with Crippen LogP contribution in [0.3, 0.4) is 0 Å². The van der Waals surface area contributed by atoms with Crippen LogP contribution in [0.15, 0.2) is 41.2 Å². The topological polar surface area (TPSA) is 90.1 Å². The third-order valence-electron chi connectivity index (χ3n) is 6.90. The summed E-state index contributed by atoms with van der Waals surface area (Å²) in [6.45, 7) is 7.16. The van der Waals surface area contributed by atoms with E-state index in [9.17, 15) is 9.59 Å². The Hall–Kier alpha value is -3.68. The van der Waals surface area contributed by atoms with Crippen molar-refractivity contribution < 1.29 is 23.7 Å². The molecule has 204 valence electrons. The first kappa shape index (κ1) is 27.4. The normalized spacial score (nSPS) is 13.8. The Balaban J connectivity index is 1.76. The Morgan fingerprint density at radius 1 is 0.921 bits per heavy atom. The van der Waals surface area contributed by atoms with Crippen molar-refractivity contribution in [2.45, 2.75) is 65.5 Å². The molecule has 0 atom stereocenters. The lowest BCUT2D eigenvalue weighted by Crippen LogP contribution is -2.42. The molecule has 0 unspecified atom stereocenters. The number of fused-ring (bicyclic) bond motifs is 1. The summed E-state index contributed by atoms with van der Waals surface area (Å²) in [5.74, 6) is 1.99. The first-order valence-corrected chi connectivity index (χ1v) is 13.6. The maximum Gasteiger partial charge on any atom is 0.254 e. The zero-order valence-electron chi connectivity index (χ0n) is 22.8. The second kappa shape index (κ2) is 12.7. The Morgan fingerprint density at radius 3 is 2.18 bits per heavy atom. The van der Waals surface area contributed by atoms with E-state index in [1.165, 1.54) is 0 Å². The van der Waals surface area contributed by atoms with Gasteiger partial charge in [-0.15, -0.1) is 0 Å². The molecule has 0 bridgehead atoms. The molecule has 1 N–H and O–H groups in total. The molecule has 0 spiro atoms. The molecule has 1 aromatic heterocycles. The number of hydrogen-bond donors (Lipinski definition) is 1. The maximum absolute atomic E-state index is 14.1. The molecule has 0 radical (unpaired) electrons. The van der Waals surface area contributed by atoms with Crippen LogP contribution in [0.25, 0.3) is 10.9 Å². The summed E-state index contributed by atoms with van der Waals surface area (Å²) in [5, 5.41) is 0.855. The Morgan fingerprint density at radius 2 is 1.58 bits per heavy atom. The van der Waals surface area contributed by atoms with Gasteiger partial charge < -0.3 is 28.8 Å². The molecule has 2 aromatic carbocycles. The monoisotopic (exact) mass is 522 g/mol. The van der Waals surface area contributed by atoms with E-state index in [1.807, 2.05) is 49.9 Å². The van der Waals surface area contributed by atoms with Gasteiger partial charge >= 0.3 is 0 Å². The van der Waals surface area contributed by atoms with Gasteiger partial charge in [0, 0.05) is 28.1 Å². The number of aromatic amines is 1. The molecule has 0 aliphatic heterocycles. The SMILES string of the molecule is CCOc1cc(C(=O)N(Cc2cc3cc(OC)ccc3[nH]c2=O)C2CCCCC2)cc(OCC)c1OCC. The number of hydrogen-bond acceptors (Lipinski definition) is 6. The van der Waals surface area contributed by atoms with Crippen LogP contribution in [0.5, 0.6) is 23.0 Å². The van der Waals surface area contributed by atoms with E-state index in [0.29, 0.717) is 53.9 Å². The highest BCUT2D eigenvalue weighted by Gasteiger charge is 2.29. The van der Waals surface area contributed by atoms with Crippen molar-refractivity contribution in [3.05, 3.63) is 57.9 Å². The van der Waals surface area contributed by atoms with Crippen molar-refractivity contribution in [1.82, 2.24) is 9.88 Å². The zero-order chi connectivity index (χ0) is 27.1. The van der Waals surface area contributed by atoms with E-state index in [-0.39, 0.29) is 24.1 Å². The summed E-state index contributed by atoms with van der Waals surface area (Å²) in [5.41, 5.74) is 1.51. The molecule has 4 rings (SSSR count). The fourth-order valence-corrected chi connectivity index (χ4v) is 5.10. The van der Waals surface area contributed by atoms with Gasteiger partial charge in [0.2, 0.25) is 5.75 Å². The minimum absolute atomic E-state index is 0.0364. The maximum atomic E-state index is 14.1. The van der Waals surface area contributed by atoms with Crippen molar-refractivity contribution in [3.63, 3.8) is 0 Å². The van der Waals surface area contributed by atoms with Crippen molar-refractivity contribution in [2.24, 2.45) is 0 Å². The number of carbonyl (C=O) groups is 1. The van der Waals surface area contributed by atoms with Crippen LogP contribution >= 0.6 is 0 Å². The van der Waals surface area contributed by atoms with Gasteiger partial charge in [0.05, 0.1) is 33.5 Å². The average molecular weight is 523 g/mol. The molecule has 1 aliphatic carbocycles. The summed E-state index contributed by atoms with van der Waals surface area (Å²) >= 11 is 0. The number of nitrogens with one attached hydrogen (secondary N) is 1. The number of benzene rings is 2. The van der Waals surface area contributed by atoms with Crippen LogP contribution in [-0.4, -0.2) is 48.8 Å². The molecule has 0 saturated heterocycles. The predicted molar refractivity (Wildman–Crippen MR) is 148 cm³/mol. The van der Waals surface area contributed by atoms with Crippen LogP contribution < -0.4 is 24.5 Å². The minimum Gasteiger partial charge on any atom is -0.497 e. The van der Waals surface area contributed by atoms with E-state index in [4.69, 9.17) is 18.9 Å². The van der Waals surface area contributed by atoms with Gasteiger partial charge in [-0.05, 0) is 70.0 Å². The lowest BCUT2D eigenvalue weighted by atomic mass is 9.93. The summed E-state index contributed by atoms with van der Waals surface area (Å²) in [7, 11) is 1.61. The molecule has 1 fully saturated rings. The molecule has 1 saturated carbocycles. The number of nitrogens with zero attached hydrogens (tertiary/aromatic N) is 1. The van der Waals surface area contributed by atoms with E-state index >= 15 is 0 Å². The van der Waals surface area contributed by atoms with E-state index < -0.39 is 0 Å². The molecule has 1 heterocycles. The minimum atomic E-state index is -0.201. The highest BCUT2D eigenvalue weighted by Crippen LogP contribution is 2.40. The summed E-state index contributed by atoms with van der Waals surface area (Å²) < 4.78 is 22.9. The number of H-pyrrole nitrogens is 1. The quantitative estimate of drug-likeness (QED) is 0.347. The number of methoxy groups -OCH3 is 1. The Kier molecular flexibility index (Phi) is 9.15. The molecule has 3 aromatic rings. The third kappa shape index (κ3) is 6.06. The highest BCUT2D eigenvalue weighted by atomic mass is 16.5. The number of carbonyl (C=O) groups excluding carboxylic acids is 1. The van der Waals surface area contributed by atoms with Crippen molar-refractivity contribution >= 4 is 16.8 Å². The lowest BCUT2D eigenvalue weighted by molar-refractivity contribution is 0.0612. The fraction of sp³-hybridized carbons (Fsp3) is 0.467. The molecule has 8 nitrogen and oxygen atoms in total. The summed E-state index contributed by atoms with van der Waals surface area (Å²) in [6, 6.07) is 10.9. The van der Waals surface area contributed by atoms with E-state index in [0.717, 1.165) is 43.0 Å². The molecule has 1 amide bonds. The Labute approximate surface area is 223 Å². The third-order valence-corrected chi connectivity index (χ3v) is 6.90. The van der Waals surface area contributed by atoms with Gasteiger partial charge in [0.1, 0.15) is 5.75 Å². The predicted octanol–water partition coefficient (Wildman–Crippen LogP) is 5.71. The second-order valence-corrected chi connectivity index (χ2v) is 9.40. The van der Waals surface area contributed by atoms with Gasteiger partial charge in [-0.2, -0.15) is 0 Å². The van der Waals surface area contributed by atoms with Gasteiger partial charge in [0.25, 0.3) is 11.5 Å². The van der Waals surface area contributed by atoms with Crippen LogP contribution in [-0.2, 0) is 6.54 Å². The summed E-state index contributed by atoms with van der Waals surface area (Å²) in [4.78, 5) is 32.0. The van der Waals surface area contributed by atoms with Crippen LogP contribution in [0.4, 0.5) is 0 Å². The van der Waals surface area contributed by atoms with Crippen molar-refractivity contribution in [3.8, 4) is 23.0 Å². The molecular formula is C30H38N2O6. The number of pyridine rings is 1. The van der Waals surface area contributed by atoms with Gasteiger partial charge in [-0.1, -0.05) is 19.3 Å². The van der Waals surface area contributed by atoms with Crippen molar-refractivity contribution in [2.75, 3.05) is 26.9 Å². The number of amides is 1. The van der Waals surface area contributed by atoms with E-state index in [1.54, 1.807) is 19.2 Å². The van der Waals surface area contributed by atoms with Gasteiger partial charge in [0.15, 0.2) is 11.5 Å². The lowest BCUT2D eigenvalue weighted by Gasteiger charge is -2.34. The molecule has 38 heavy (non-hydrogen) atoms. The first-order valence-electron chi connectivity index (χ1n) is 13.6. The zero-order valence-corrected chi connectivity index (χ0v) is 22.8. The Bertz CT molecular complexity index is 1280. The van der Waals surface area contributed by atoms with E-state index in [2.05, 4.69) is 4.98 Å². The van der Waals surface area contributed by atoms with Crippen LogP contribution in [0, 0.1) is 0 Å². The molecular weight excluding hydrogens is 484 g/mol. The highest BCUT2D eigenvalue weighted by molar-refractivity contribution is 5.96. The van der Waals surface area contributed by atoms with Gasteiger partial charge in [-0.3, -0.25) is 9.59 Å². The van der Waals surface area contributed by atoms with Crippen LogP contribution in [0.1, 0.15) is 68.8 Å². The van der Waals surface area contributed by atoms with Crippen LogP contribution in [0.2, 0.25) is 0 Å². The second-order valence-electron chi connectivity index (χ2n) is 9.40. The first-order chi connectivity index (χ1) is 18.5.